The first-order valence-corrected chi connectivity index (χ1v) is 6.92. The Morgan fingerprint density at radius 2 is 2.39 bits per heavy atom. The standard InChI is InChI=1S/C12H17N3O2S/c1-8(11(16)14-12(13)17)15-5-2-3-10(15)9-4-6-18-7-9/h4,6-8,10H,2-3,5H2,1H3,(H3,13,14,16,17)/t8-,10-/m1/s1. The van der Waals surface area contributed by atoms with E-state index in [1.54, 1.807) is 11.3 Å². The van der Waals surface area contributed by atoms with E-state index in [9.17, 15) is 9.59 Å². The molecule has 2 rings (SSSR count). The molecule has 3 amide bonds. The highest BCUT2D eigenvalue weighted by Gasteiger charge is 2.33. The SMILES string of the molecule is C[C@H](C(=O)NC(N)=O)N1CCC[C@@H]1c1ccsc1. The number of carbonyl (C=O) groups excluding carboxylic acids is 2. The summed E-state index contributed by atoms with van der Waals surface area (Å²) >= 11 is 1.66. The van der Waals surface area contributed by atoms with Crippen molar-refractivity contribution in [1.82, 2.24) is 10.2 Å². The first-order valence-electron chi connectivity index (χ1n) is 5.97. The molecule has 2 atom stereocenters. The van der Waals surface area contributed by atoms with Gasteiger partial charge in [-0.1, -0.05) is 0 Å². The average molecular weight is 267 g/mol. The fourth-order valence-corrected chi connectivity index (χ4v) is 3.16. The van der Waals surface area contributed by atoms with Gasteiger partial charge >= 0.3 is 6.03 Å². The number of imide groups is 1. The smallest absolute Gasteiger partial charge is 0.318 e. The number of hydrogen-bond acceptors (Lipinski definition) is 4. The van der Waals surface area contributed by atoms with Crippen LogP contribution in [0.2, 0.25) is 0 Å². The number of nitrogens with two attached hydrogens (primary N) is 1. The highest BCUT2D eigenvalue weighted by Crippen LogP contribution is 2.34. The molecule has 0 radical (unpaired) electrons. The third kappa shape index (κ3) is 2.70. The number of nitrogens with one attached hydrogen (secondary N) is 1. The molecule has 6 heteroatoms. The van der Waals surface area contributed by atoms with Crippen molar-refractivity contribution in [3.05, 3.63) is 22.4 Å². The van der Waals surface area contributed by atoms with Gasteiger partial charge in [-0.25, -0.2) is 4.79 Å². The van der Waals surface area contributed by atoms with Crippen LogP contribution in [0.15, 0.2) is 16.8 Å². The molecule has 3 N–H and O–H groups in total. The molecule has 0 aliphatic carbocycles. The summed E-state index contributed by atoms with van der Waals surface area (Å²) in [6, 6.07) is 1.22. The van der Waals surface area contributed by atoms with Crippen molar-refractivity contribution in [2.45, 2.75) is 31.8 Å². The Bertz CT molecular complexity index is 433. The van der Waals surface area contributed by atoms with Crippen molar-refractivity contribution >= 4 is 23.3 Å². The van der Waals surface area contributed by atoms with E-state index in [0.29, 0.717) is 0 Å². The summed E-state index contributed by atoms with van der Waals surface area (Å²) in [7, 11) is 0. The number of rotatable bonds is 3. The van der Waals surface area contributed by atoms with E-state index in [1.165, 1.54) is 5.56 Å². The van der Waals surface area contributed by atoms with Gasteiger partial charge < -0.3 is 5.73 Å². The molecule has 0 unspecified atom stereocenters. The molecular weight excluding hydrogens is 250 g/mol. The minimum Gasteiger partial charge on any atom is -0.351 e. The van der Waals surface area contributed by atoms with Crippen molar-refractivity contribution in [1.29, 1.82) is 0 Å². The normalized spacial score (nSPS) is 21.7. The molecule has 1 aliphatic heterocycles. The van der Waals surface area contributed by atoms with Gasteiger partial charge in [-0.3, -0.25) is 15.0 Å². The molecule has 1 aromatic heterocycles. The molecule has 1 aliphatic rings. The molecule has 0 aromatic carbocycles. The highest BCUT2D eigenvalue weighted by atomic mass is 32.1. The lowest BCUT2D eigenvalue weighted by Crippen LogP contribution is -2.48. The van der Waals surface area contributed by atoms with Crippen molar-refractivity contribution in [3.63, 3.8) is 0 Å². The second-order valence-electron chi connectivity index (χ2n) is 4.48. The summed E-state index contributed by atoms with van der Waals surface area (Å²) in [4.78, 5) is 24.6. The van der Waals surface area contributed by atoms with E-state index < -0.39 is 6.03 Å². The summed E-state index contributed by atoms with van der Waals surface area (Å²) in [6.45, 7) is 2.68. The fraction of sp³-hybridized carbons (Fsp3) is 0.500. The molecule has 18 heavy (non-hydrogen) atoms. The van der Waals surface area contributed by atoms with Crippen LogP contribution in [0.4, 0.5) is 4.79 Å². The molecule has 5 nitrogen and oxygen atoms in total. The Balaban J connectivity index is 2.07. The number of likely N-dealkylation sites (tertiary alicyclic amines) is 1. The molecule has 2 heterocycles. The van der Waals surface area contributed by atoms with Gasteiger partial charge in [-0.05, 0) is 48.7 Å². The van der Waals surface area contributed by atoms with Gasteiger partial charge in [0.15, 0.2) is 0 Å². The van der Waals surface area contributed by atoms with Gasteiger partial charge in [0.25, 0.3) is 0 Å². The second-order valence-corrected chi connectivity index (χ2v) is 5.26. The molecule has 0 bridgehead atoms. The summed E-state index contributed by atoms with van der Waals surface area (Å²) in [6.07, 6.45) is 2.11. The van der Waals surface area contributed by atoms with E-state index in [0.717, 1.165) is 19.4 Å². The first-order chi connectivity index (χ1) is 8.59. The number of primary amides is 1. The van der Waals surface area contributed by atoms with Crippen molar-refractivity contribution < 1.29 is 9.59 Å². The molecule has 1 saturated heterocycles. The Morgan fingerprint density at radius 3 is 3.00 bits per heavy atom. The Morgan fingerprint density at radius 1 is 1.61 bits per heavy atom. The first kappa shape index (κ1) is 13.0. The van der Waals surface area contributed by atoms with Crippen LogP contribution in [0.5, 0.6) is 0 Å². The molecular formula is C12H17N3O2S. The van der Waals surface area contributed by atoms with Crippen LogP contribution in [0.1, 0.15) is 31.4 Å². The van der Waals surface area contributed by atoms with Crippen LogP contribution < -0.4 is 11.1 Å². The fourth-order valence-electron chi connectivity index (χ4n) is 2.45. The maximum absolute atomic E-state index is 11.8. The van der Waals surface area contributed by atoms with Crippen LogP contribution in [0.25, 0.3) is 0 Å². The number of urea groups is 1. The minimum absolute atomic E-state index is 0.268. The number of amides is 3. The summed E-state index contributed by atoms with van der Waals surface area (Å²) in [5, 5.41) is 6.30. The number of hydrogen-bond donors (Lipinski definition) is 2. The molecule has 0 spiro atoms. The minimum atomic E-state index is -0.793. The van der Waals surface area contributed by atoms with Crippen LogP contribution in [-0.4, -0.2) is 29.4 Å². The van der Waals surface area contributed by atoms with Crippen molar-refractivity contribution in [3.8, 4) is 0 Å². The topological polar surface area (TPSA) is 75.4 Å². The molecule has 0 saturated carbocycles. The van der Waals surface area contributed by atoms with Crippen LogP contribution in [-0.2, 0) is 4.79 Å². The number of thiophene rings is 1. The van der Waals surface area contributed by atoms with Gasteiger partial charge in [-0.15, -0.1) is 0 Å². The highest BCUT2D eigenvalue weighted by molar-refractivity contribution is 7.07. The van der Waals surface area contributed by atoms with Gasteiger partial charge in [0.1, 0.15) is 0 Å². The van der Waals surface area contributed by atoms with Crippen molar-refractivity contribution in [2.24, 2.45) is 5.73 Å². The Hall–Kier alpha value is -1.40. The lowest BCUT2D eigenvalue weighted by molar-refractivity contribution is -0.125. The maximum Gasteiger partial charge on any atom is 0.318 e. The zero-order valence-corrected chi connectivity index (χ0v) is 11.1. The van der Waals surface area contributed by atoms with Gasteiger partial charge in [0.05, 0.1) is 6.04 Å². The lowest BCUT2D eigenvalue weighted by atomic mass is 10.1. The van der Waals surface area contributed by atoms with E-state index in [2.05, 4.69) is 21.7 Å². The van der Waals surface area contributed by atoms with Crippen LogP contribution in [0.3, 0.4) is 0 Å². The summed E-state index contributed by atoms with van der Waals surface area (Å²) in [5.41, 5.74) is 6.22. The predicted octanol–water partition coefficient (Wildman–Crippen LogP) is 1.47. The number of carbonyl (C=O) groups is 2. The largest absolute Gasteiger partial charge is 0.351 e. The molecule has 1 aromatic rings. The summed E-state index contributed by atoms with van der Waals surface area (Å²) < 4.78 is 0. The molecule has 98 valence electrons. The van der Waals surface area contributed by atoms with Gasteiger partial charge in [0.2, 0.25) is 5.91 Å². The zero-order chi connectivity index (χ0) is 13.1. The second kappa shape index (κ2) is 5.49. The van der Waals surface area contributed by atoms with E-state index >= 15 is 0 Å². The lowest BCUT2D eigenvalue weighted by Gasteiger charge is -2.29. The van der Waals surface area contributed by atoms with Gasteiger partial charge in [-0.2, -0.15) is 11.3 Å². The molecule has 1 fully saturated rings. The van der Waals surface area contributed by atoms with E-state index in [1.807, 2.05) is 12.3 Å². The predicted molar refractivity (Wildman–Crippen MR) is 70.2 cm³/mol. The zero-order valence-electron chi connectivity index (χ0n) is 10.3. The van der Waals surface area contributed by atoms with Crippen LogP contribution in [0, 0.1) is 0 Å². The Kier molecular flexibility index (Phi) is 3.98. The van der Waals surface area contributed by atoms with Crippen molar-refractivity contribution in [2.75, 3.05) is 6.54 Å². The summed E-state index contributed by atoms with van der Waals surface area (Å²) in [5.74, 6) is -0.329. The average Bonchev–Trinajstić information content (AvgIpc) is 2.97. The monoisotopic (exact) mass is 267 g/mol. The van der Waals surface area contributed by atoms with E-state index in [4.69, 9.17) is 5.73 Å². The quantitative estimate of drug-likeness (QED) is 0.870. The third-order valence-electron chi connectivity index (χ3n) is 3.35. The van der Waals surface area contributed by atoms with Crippen LogP contribution >= 0.6 is 11.3 Å². The third-order valence-corrected chi connectivity index (χ3v) is 4.05. The van der Waals surface area contributed by atoms with E-state index in [-0.39, 0.29) is 18.0 Å². The Labute approximate surface area is 110 Å². The van der Waals surface area contributed by atoms with Gasteiger partial charge in [0, 0.05) is 6.04 Å². The maximum atomic E-state index is 11.8. The number of nitrogens with zero attached hydrogens (tertiary/aromatic N) is 1.